The summed E-state index contributed by atoms with van der Waals surface area (Å²) in [4.78, 5) is 15.0. The maximum Gasteiger partial charge on any atom is 0.573 e. The zero-order valence-electron chi connectivity index (χ0n) is 18.4. The van der Waals surface area contributed by atoms with Crippen molar-refractivity contribution in [2.75, 3.05) is 13.1 Å². The van der Waals surface area contributed by atoms with E-state index in [1.54, 1.807) is 23.1 Å². The molecule has 1 atom stereocenters. The molecular formula is C26H25F3N2O3. The lowest BCUT2D eigenvalue weighted by atomic mass is 9.77. The normalized spacial score (nSPS) is 15.6. The molecular weight excluding hydrogens is 445 g/mol. The molecule has 1 fully saturated rings. The molecule has 1 saturated heterocycles. The molecule has 0 aliphatic carbocycles. The Bertz CT molecular complexity index is 1130. The van der Waals surface area contributed by atoms with Gasteiger partial charge in [0.1, 0.15) is 11.5 Å². The van der Waals surface area contributed by atoms with Crippen molar-refractivity contribution in [1.82, 2.24) is 10.2 Å². The molecule has 3 aromatic rings. The molecule has 0 bridgehead atoms. The number of alkyl halides is 3. The van der Waals surface area contributed by atoms with E-state index in [4.69, 9.17) is 0 Å². The summed E-state index contributed by atoms with van der Waals surface area (Å²) >= 11 is 0. The van der Waals surface area contributed by atoms with Gasteiger partial charge in [0.2, 0.25) is 0 Å². The second kappa shape index (κ2) is 9.67. The third-order valence-corrected chi connectivity index (χ3v) is 5.93. The van der Waals surface area contributed by atoms with Gasteiger partial charge in [0.15, 0.2) is 0 Å². The van der Waals surface area contributed by atoms with Gasteiger partial charge in [0.25, 0.3) is 0 Å². The summed E-state index contributed by atoms with van der Waals surface area (Å²) < 4.78 is 43.1. The number of ether oxygens (including phenoxy) is 1. The molecule has 2 N–H and O–H groups in total. The number of amides is 2. The topological polar surface area (TPSA) is 61.8 Å². The predicted molar refractivity (Wildman–Crippen MR) is 121 cm³/mol. The summed E-state index contributed by atoms with van der Waals surface area (Å²) in [6, 6.07) is 21.0. The number of hydrogen-bond acceptors (Lipinski definition) is 3. The number of likely N-dealkylation sites (tertiary alicyclic amines) is 1. The lowest BCUT2D eigenvalue weighted by Crippen LogP contribution is -2.52. The smallest absolute Gasteiger partial charge is 0.508 e. The molecule has 5 nitrogen and oxygen atoms in total. The number of phenols is 1. The van der Waals surface area contributed by atoms with E-state index in [9.17, 15) is 23.1 Å². The highest BCUT2D eigenvalue weighted by Crippen LogP contribution is 2.37. The van der Waals surface area contributed by atoms with Crippen molar-refractivity contribution >= 4 is 6.03 Å². The average molecular weight is 470 g/mol. The molecule has 1 unspecified atom stereocenters. The van der Waals surface area contributed by atoms with Gasteiger partial charge in [-0.25, -0.2) is 4.79 Å². The van der Waals surface area contributed by atoms with E-state index in [1.165, 1.54) is 30.3 Å². The zero-order chi connectivity index (χ0) is 24.2. The summed E-state index contributed by atoms with van der Waals surface area (Å²) in [7, 11) is 0. The monoisotopic (exact) mass is 470 g/mol. The third kappa shape index (κ3) is 5.44. The number of nitrogens with zero attached hydrogens (tertiary/aromatic N) is 1. The van der Waals surface area contributed by atoms with E-state index < -0.39 is 17.7 Å². The summed E-state index contributed by atoms with van der Waals surface area (Å²) in [5.74, 6) is -0.411. The second-order valence-corrected chi connectivity index (χ2v) is 8.32. The minimum atomic E-state index is -4.86. The van der Waals surface area contributed by atoms with Crippen LogP contribution in [0.4, 0.5) is 18.0 Å². The van der Waals surface area contributed by atoms with Gasteiger partial charge in [0.05, 0.1) is 5.54 Å². The third-order valence-electron chi connectivity index (χ3n) is 5.93. The molecule has 1 aliphatic heterocycles. The second-order valence-electron chi connectivity index (χ2n) is 8.32. The molecule has 1 aliphatic rings. The predicted octanol–water partition coefficient (Wildman–Crippen LogP) is 5.58. The molecule has 178 valence electrons. The summed E-state index contributed by atoms with van der Waals surface area (Å²) in [6.07, 6.45) is -2.84. The lowest BCUT2D eigenvalue weighted by Gasteiger charge is -2.38. The number of carbonyl (C=O) groups is 1. The first-order valence-electron chi connectivity index (χ1n) is 11.0. The molecule has 0 radical (unpaired) electrons. The fourth-order valence-electron chi connectivity index (χ4n) is 4.37. The van der Waals surface area contributed by atoms with Gasteiger partial charge in [-0.3, -0.25) is 0 Å². The highest BCUT2D eigenvalue weighted by Gasteiger charge is 2.39. The van der Waals surface area contributed by atoms with Crippen LogP contribution >= 0.6 is 0 Å². The summed E-state index contributed by atoms with van der Waals surface area (Å²) in [5.41, 5.74) is 0.518. The molecule has 4 rings (SSSR count). The average Bonchev–Trinajstić information content (AvgIpc) is 3.34. The van der Waals surface area contributed by atoms with E-state index in [0.717, 1.165) is 18.4 Å². The van der Waals surface area contributed by atoms with E-state index >= 15 is 0 Å². The van der Waals surface area contributed by atoms with Crippen LogP contribution in [0.2, 0.25) is 0 Å². The van der Waals surface area contributed by atoms with Gasteiger partial charge in [-0.1, -0.05) is 54.6 Å². The van der Waals surface area contributed by atoms with E-state index in [2.05, 4.69) is 10.1 Å². The van der Waals surface area contributed by atoms with Crippen molar-refractivity contribution in [3.63, 3.8) is 0 Å². The number of phenolic OH excluding ortho intramolecular Hbond substituents is 1. The van der Waals surface area contributed by atoms with Crippen LogP contribution in [0.25, 0.3) is 0 Å². The first-order chi connectivity index (χ1) is 16.2. The minimum Gasteiger partial charge on any atom is -0.508 e. The molecule has 2 amide bonds. The van der Waals surface area contributed by atoms with Crippen molar-refractivity contribution in [2.45, 2.75) is 31.2 Å². The number of aromatic hydroxyl groups is 1. The number of benzene rings is 3. The highest BCUT2D eigenvalue weighted by molar-refractivity contribution is 5.77. The quantitative estimate of drug-likeness (QED) is 0.494. The highest BCUT2D eigenvalue weighted by atomic mass is 19.4. The Balaban J connectivity index is 1.88. The number of urea groups is 1. The molecule has 8 heteroatoms. The van der Waals surface area contributed by atoms with Crippen LogP contribution in [0.5, 0.6) is 11.5 Å². The number of nitrogens with one attached hydrogen (secondary N) is 1. The van der Waals surface area contributed by atoms with Crippen molar-refractivity contribution in [3.8, 4) is 11.5 Å². The lowest BCUT2D eigenvalue weighted by molar-refractivity contribution is -0.274. The molecule has 3 aromatic carbocycles. The Morgan fingerprint density at radius 2 is 1.56 bits per heavy atom. The number of carbonyl (C=O) groups excluding carboxylic acids is 1. The van der Waals surface area contributed by atoms with Crippen molar-refractivity contribution in [1.29, 1.82) is 0 Å². The standard InChI is InChI=1S/C26H25F3N2O3/c27-26(28,29)34-23-13-7-11-21(17-23)25(18-19-8-2-1-3-9-19,20-10-6-12-22(32)16-20)30-24(33)31-14-4-5-15-31/h1-3,6-13,16-17,32H,4-5,14-15,18H2,(H,30,33). The minimum absolute atomic E-state index is 0.0203. The fraction of sp³-hybridized carbons (Fsp3) is 0.269. The van der Waals surface area contributed by atoms with Crippen LogP contribution in [0, 0.1) is 0 Å². The fourth-order valence-corrected chi connectivity index (χ4v) is 4.37. The van der Waals surface area contributed by atoms with Crippen LogP contribution in [0.3, 0.4) is 0 Å². The Labute approximate surface area is 195 Å². The van der Waals surface area contributed by atoms with E-state index in [0.29, 0.717) is 24.2 Å². The van der Waals surface area contributed by atoms with Crippen LogP contribution in [-0.4, -0.2) is 35.5 Å². The SMILES string of the molecule is O=C(NC(Cc1ccccc1)(c1cccc(O)c1)c1cccc(OC(F)(F)F)c1)N1CCCC1. The van der Waals surface area contributed by atoms with Gasteiger partial charge in [-0.2, -0.15) is 0 Å². The summed E-state index contributed by atoms with van der Waals surface area (Å²) in [5, 5.41) is 13.4. The van der Waals surface area contributed by atoms with E-state index in [1.807, 2.05) is 30.3 Å². The van der Waals surface area contributed by atoms with Gasteiger partial charge in [-0.05, 0) is 53.8 Å². The van der Waals surface area contributed by atoms with Gasteiger partial charge in [-0.15, -0.1) is 13.2 Å². The number of rotatable bonds is 6. The molecule has 0 spiro atoms. The molecule has 1 heterocycles. The summed E-state index contributed by atoms with van der Waals surface area (Å²) in [6.45, 7) is 1.20. The first kappa shape index (κ1) is 23.5. The van der Waals surface area contributed by atoms with Crippen LogP contribution in [-0.2, 0) is 12.0 Å². The van der Waals surface area contributed by atoms with Crippen molar-refractivity contribution < 1.29 is 27.8 Å². The number of hydrogen-bond donors (Lipinski definition) is 2. The maximum atomic E-state index is 13.3. The Morgan fingerprint density at radius 1 is 0.912 bits per heavy atom. The van der Waals surface area contributed by atoms with Gasteiger partial charge < -0.3 is 20.1 Å². The molecule has 34 heavy (non-hydrogen) atoms. The van der Waals surface area contributed by atoms with Crippen molar-refractivity contribution in [3.05, 3.63) is 95.6 Å². The Kier molecular flexibility index (Phi) is 6.68. The van der Waals surface area contributed by atoms with Crippen molar-refractivity contribution in [2.24, 2.45) is 0 Å². The van der Waals surface area contributed by atoms with E-state index in [-0.39, 0.29) is 18.2 Å². The van der Waals surface area contributed by atoms with Crippen LogP contribution in [0.1, 0.15) is 29.5 Å². The van der Waals surface area contributed by atoms with Gasteiger partial charge in [0, 0.05) is 19.5 Å². The zero-order valence-corrected chi connectivity index (χ0v) is 18.4. The number of halogens is 3. The largest absolute Gasteiger partial charge is 0.573 e. The van der Waals surface area contributed by atoms with Gasteiger partial charge >= 0.3 is 12.4 Å². The molecule has 0 aromatic heterocycles. The Morgan fingerprint density at radius 3 is 2.21 bits per heavy atom. The maximum absolute atomic E-state index is 13.3. The molecule has 0 saturated carbocycles. The van der Waals surface area contributed by atoms with Crippen LogP contribution in [0.15, 0.2) is 78.9 Å². The first-order valence-corrected chi connectivity index (χ1v) is 11.0. The van der Waals surface area contributed by atoms with Crippen LogP contribution < -0.4 is 10.1 Å². The Hall–Kier alpha value is -3.68.